The molecule has 0 bridgehead atoms. The lowest BCUT2D eigenvalue weighted by atomic mass is 9.99. The van der Waals surface area contributed by atoms with Gasteiger partial charge in [-0.2, -0.15) is 0 Å². The number of carbonyl (C=O) groups excluding carboxylic acids is 3. The molecule has 0 aromatic heterocycles. The van der Waals surface area contributed by atoms with Gasteiger partial charge in [0.05, 0.1) is 11.1 Å². The first-order valence-electron chi connectivity index (χ1n) is 8.40. The Kier molecular flexibility index (Phi) is 3.64. The Hall–Kier alpha value is -2.95. The molecule has 0 saturated carbocycles. The van der Waals surface area contributed by atoms with Crippen LogP contribution >= 0.6 is 0 Å². The summed E-state index contributed by atoms with van der Waals surface area (Å²) in [7, 11) is 0. The summed E-state index contributed by atoms with van der Waals surface area (Å²) in [6, 6.07) is 13.9. The number of imide groups is 1. The van der Waals surface area contributed by atoms with Crippen LogP contribution in [0.3, 0.4) is 0 Å². The van der Waals surface area contributed by atoms with E-state index in [0.717, 1.165) is 16.9 Å². The summed E-state index contributed by atoms with van der Waals surface area (Å²) in [5, 5.41) is 0. The van der Waals surface area contributed by atoms with Crippen LogP contribution in [0.25, 0.3) is 0 Å². The van der Waals surface area contributed by atoms with Crippen LogP contribution in [0.2, 0.25) is 0 Å². The number of carbonyl (C=O) groups is 3. The minimum absolute atomic E-state index is 0.191. The molecule has 4 rings (SSSR count). The third-order valence-electron chi connectivity index (χ3n) is 5.01. The molecule has 0 fully saturated rings. The maximum absolute atomic E-state index is 12.9. The number of nitrogens with zero attached hydrogens (tertiary/aromatic N) is 2. The standard InChI is InChI=1S/C20H18N2O3/c1-13(22-19(24)16-8-4-5-9-17(16)20(22)25)18(23)21-11-10-14-6-2-3-7-15(14)12-21/h2-9,13H,10-12H2,1H3/t13-/m1/s1. The fourth-order valence-electron chi connectivity index (χ4n) is 3.62. The second-order valence-corrected chi connectivity index (χ2v) is 6.48. The average Bonchev–Trinajstić information content (AvgIpc) is 2.91. The van der Waals surface area contributed by atoms with Crippen molar-refractivity contribution in [2.24, 2.45) is 0 Å². The zero-order chi connectivity index (χ0) is 17.6. The second-order valence-electron chi connectivity index (χ2n) is 6.48. The van der Waals surface area contributed by atoms with Gasteiger partial charge in [0.25, 0.3) is 11.8 Å². The van der Waals surface area contributed by atoms with E-state index in [1.807, 2.05) is 18.2 Å². The molecule has 5 heteroatoms. The molecule has 25 heavy (non-hydrogen) atoms. The molecule has 2 aromatic rings. The maximum Gasteiger partial charge on any atom is 0.262 e. The fourth-order valence-corrected chi connectivity index (χ4v) is 3.62. The molecule has 2 aliphatic rings. The van der Waals surface area contributed by atoms with Gasteiger partial charge >= 0.3 is 0 Å². The lowest BCUT2D eigenvalue weighted by Gasteiger charge is -2.33. The summed E-state index contributed by atoms with van der Waals surface area (Å²) in [5.74, 6) is -0.971. The lowest BCUT2D eigenvalue weighted by molar-refractivity contribution is -0.135. The number of amides is 3. The molecule has 5 nitrogen and oxygen atoms in total. The monoisotopic (exact) mass is 334 g/mol. The molecule has 0 unspecified atom stereocenters. The topological polar surface area (TPSA) is 57.7 Å². The van der Waals surface area contributed by atoms with Crippen LogP contribution in [-0.4, -0.2) is 40.1 Å². The molecule has 0 saturated heterocycles. The Morgan fingerprint density at radius 3 is 2.12 bits per heavy atom. The average molecular weight is 334 g/mol. The van der Waals surface area contributed by atoms with E-state index in [1.54, 1.807) is 36.1 Å². The predicted molar refractivity (Wildman–Crippen MR) is 92.0 cm³/mol. The van der Waals surface area contributed by atoms with Crippen LogP contribution in [0.1, 0.15) is 38.8 Å². The zero-order valence-electron chi connectivity index (χ0n) is 13.9. The molecule has 0 N–H and O–H groups in total. The summed E-state index contributed by atoms with van der Waals surface area (Å²) in [4.78, 5) is 40.9. The van der Waals surface area contributed by atoms with Gasteiger partial charge in [-0.25, -0.2) is 0 Å². The van der Waals surface area contributed by atoms with Crippen LogP contribution in [0.5, 0.6) is 0 Å². The number of hydrogen-bond donors (Lipinski definition) is 0. The molecule has 1 atom stereocenters. The van der Waals surface area contributed by atoms with Crippen molar-refractivity contribution in [3.05, 3.63) is 70.8 Å². The Morgan fingerprint density at radius 2 is 1.48 bits per heavy atom. The molecule has 2 aliphatic heterocycles. The second kappa shape index (κ2) is 5.84. The molecule has 0 radical (unpaired) electrons. The van der Waals surface area contributed by atoms with E-state index < -0.39 is 6.04 Å². The van der Waals surface area contributed by atoms with Gasteiger partial charge in [-0.3, -0.25) is 19.3 Å². The first-order chi connectivity index (χ1) is 12.1. The third-order valence-corrected chi connectivity index (χ3v) is 5.01. The molecular weight excluding hydrogens is 316 g/mol. The number of hydrogen-bond acceptors (Lipinski definition) is 3. The van der Waals surface area contributed by atoms with Crippen LogP contribution < -0.4 is 0 Å². The Labute approximate surface area is 145 Å². The van der Waals surface area contributed by atoms with Gasteiger partial charge in [0.2, 0.25) is 5.91 Å². The Morgan fingerprint density at radius 1 is 0.920 bits per heavy atom. The highest BCUT2D eigenvalue weighted by Gasteiger charge is 2.41. The lowest BCUT2D eigenvalue weighted by Crippen LogP contribution is -2.50. The summed E-state index contributed by atoms with van der Waals surface area (Å²) < 4.78 is 0. The van der Waals surface area contributed by atoms with Crippen LogP contribution in [-0.2, 0) is 17.8 Å². The van der Waals surface area contributed by atoms with Gasteiger partial charge in [0.15, 0.2) is 0 Å². The van der Waals surface area contributed by atoms with E-state index >= 15 is 0 Å². The summed E-state index contributed by atoms with van der Waals surface area (Å²) >= 11 is 0. The van der Waals surface area contributed by atoms with Crippen molar-refractivity contribution in [2.45, 2.75) is 25.9 Å². The molecule has 0 spiro atoms. The van der Waals surface area contributed by atoms with Gasteiger partial charge in [0, 0.05) is 13.1 Å². The van der Waals surface area contributed by atoms with Crippen molar-refractivity contribution in [2.75, 3.05) is 6.54 Å². The van der Waals surface area contributed by atoms with E-state index in [1.165, 1.54) is 5.56 Å². The van der Waals surface area contributed by atoms with E-state index in [2.05, 4.69) is 6.07 Å². The normalized spacial score (nSPS) is 17.3. The van der Waals surface area contributed by atoms with Crippen molar-refractivity contribution in [1.29, 1.82) is 0 Å². The van der Waals surface area contributed by atoms with Gasteiger partial charge < -0.3 is 4.90 Å². The van der Waals surface area contributed by atoms with Crippen LogP contribution in [0, 0.1) is 0 Å². The molecule has 126 valence electrons. The fraction of sp³-hybridized carbons (Fsp3) is 0.250. The quantitative estimate of drug-likeness (QED) is 0.792. The van der Waals surface area contributed by atoms with E-state index in [-0.39, 0.29) is 17.7 Å². The van der Waals surface area contributed by atoms with E-state index in [0.29, 0.717) is 24.2 Å². The number of rotatable bonds is 2. The predicted octanol–water partition coefficient (Wildman–Crippen LogP) is 2.26. The number of fused-ring (bicyclic) bond motifs is 2. The van der Waals surface area contributed by atoms with Gasteiger partial charge in [0.1, 0.15) is 6.04 Å². The van der Waals surface area contributed by atoms with Crippen molar-refractivity contribution in [1.82, 2.24) is 9.80 Å². The summed E-state index contributed by atoms with van der Waals surface area (Å²) in [6.45, 7) is 2.75. The smallest absolute Gasteiger partial charge is 0.262 e. The molecule has 2 aromatic carbocycles. The van der Waals surface area contributed by atoms with Crippen molar-refractivity contribution in [3.63, 3.8) is 0 Å². The summed E-state index contributed by atoms with van der Waals surface area (Å²) in [6.07, 6.45) is 0.788. The highest BCUT2D eigenvalue weighted by molar-refractivity contribution is 6.22. The Bertz CT molecular complexity index is 855. The minimum Gasteiger partial charge on any atom is -0.336 e. The third kappa shape index (κ3) is 2.43. The van der Waals surface area contributed by atoms with E-state index in [4.69, 9.17) is 0 Å². The van der Waals surface area contributed by atoms with Crippen LogP contribution in [0.15, 0.2) is 48.5 Å². The van der Waals surface area contributed by atoms with Gasteiger partial charge in [-0.1, -0.05) is 36.4 Å². The summed E-state index contributed by atoms with van der Waals surface area (Å²) in [5.41, 5.74) is 3.11. The molecule has 2 heterocycles. The van der Waals surface area contributed by atoms with Gasteiger partial charge in [-0.05, 0) is 36.6 Å². The first kappa shape index (κ1) is 15.6. The Balaban J connectivity index is 1.56. The highest BCUT2D eigenvalue weighted by atomic mass is 16.2. The molecular formula is C20H18N2O3. The van der Waals surface area contributed by atoms with Crippen molar-refractivity contribution in [3.8, 4) is 0 Å². The molecule has 3 amide bonds. The SMILES string of the molecule is C[C@H](C(=O)N1CCc2ccccc2C1)N1C(=O)c2ccccc2C1=O. The zero-order valence-corrected chi connectivity index (χ0v) is 13.9. The van der Waals surface area contributed by atoms with Gasteiger partial charge in [-0.15, -0.1) is 0 Å². The molecule has 0 aliphatic carbocycles. The largest absolute Gasteiger partial charge is 0.336 e. The number of benzene rings is 2. The highest BCUT2D eigenvalue weighted by Crippen LogP contribution is 2.26. The minimum atomic E-state index is -0.808. The van der Waals surface area contributed by atoms with Crippen molar-refractivity contribution < 1.29 is 14.4 Å². The maximum atomic E-state index is 12.9. The van der Waals surface area contributed by atoms with Crippen molar-refractivity contribution >= 4 is 17.7 Å². The first-order valence-corrected chi connectivity index (χ1v) is 8.40. The van der Waals surface area contributed by atoms with E-state index in [9.17, 15) is 14.4 Å². The van der Waals surface area contributed by atoms with Crippen LogP contribution in [0.4, 0.5) is 0 Å².